The van der Waals surface area contributed by atoms with Crippen molar-refractivity contribution < 1.29 is 18.0 Å². The van der Waals surface area contributed by atoms with Crippen LogP contribution >= 0.6 is 11.6 Å². The van der Waals surface area contributed by atoms with Crippen LogP contribution in [0.5, 0.6) is 0 Å². The lowest BCUT2D eigenvalue weighted by molar-refractivity contribution is -0.141. The Labute approximate surface area is 261 Å². The minimum atomic E-state index is -3.57. The van der Waals surface area contributed by atoms with Crippen LogP contribution in [0.1, 0.15) is 60.8 Å². The van der Waals surface area contributed by atoms with Crippen LogP contribution in [-0.4, -0.2) is 50.0 Å². The molecule has 0 saturated heterocycles. The number of hydrogen-bond acceptors (Lipinski definition) is 4. The van der Waals surface area contributed by atoms with E-state index in [0.29, 0.717) is 23.6 Å². The van der Waals surface area contributed by atoms with Crippen molar-refractivity contribution in [1.29, 1.82) is 0 Å². The first-order chi connectivity index (χ1) is 20.5. The maximum absolute atomic E-state index is 14.0. The van der Waals surface area contributed by atoms with Crippen molar-refractivity contribution in [2.75, 3.05) is 17.1 Å². The van der Waals surface area contributed by atoms with E-state index in [0.717, 1.165) is 47.9 Å². The van der Waals surface area contributed by atoms with Gasteiger partial charge in [0.1, 0.15) is 6.04 Å². The molecule has 9 heteroatoms. The molecule has 0 bridgehead atoms. The number of anilines is 1. The second-order valence-electron chi connectivity index (χ2n) is 11.6. The monoisotopic (exact) mass is 623 g/mol. The standard InChI is InChI=1S/C34H42ClN3O4S/c1-25-20-26(2)22-31(21-25)38(43(3,41)42)19-9-14-33(39)37(24-28-15-17-29(35)18-16-28)32(23-27-10-5-4-6-11-27)34(40)36-30-12-7-8-13-30/h4-6,10-11,15-18,20-22,30,32H,7-9,12-14,19,23-24H2,1-3H3,(H,36,40). The fraction of sp³-hybridized carbons (Fsp3) is 0.412. The number of carbonyl (C=O) groups excluding carboxylic acids is 2. The molecule has 230 valence electrons. The average Bonchev–Trinajstić information content (AvgIpc) is 3.46. The third-order valence-corrected chi connectivity index (χ3v) is 9.33. The van der Waals surface area contributed by atoms with E-state index in [2.05, 4.69) is 5.32 Å². The van der Waals surface area contributed by atoms with E-state index in [1.54, 1.807) is 17.0 Å². The molecule has 43 heavy (non-hydrogen) atoms. The van der Waals surface area contributed by atoms with Crippen LogP contribution in [0.15, 0.2) is 72.8 Å². The Balaban J connectivity index is 1.59. The van der Waals surface area contributed by atoms with Crippen LogP contribution in [0.4, 0.5) is 5.69 Å². The smallest absolute Gasteiger partial charge is 0.243 e. The highest BCUT2D eigenvalue weighted by Crippen LogP contribution is 2.24. The van der Waals surface area contributed by atoms with Crippen molar-refractivity contribution in [2.45, 2.75) is 77.4 Å². The lowest BCUT2D eigenvalue weighted by Crippen LogP contribution is -2.52. The molecule has 2 amide bonds. The molecule has 3 aromatic rings. The number of aryl methyl sites for hydroxylation is 2. The molecule has 1 fully saturated rings. The molecule has 7 nitrogen and oxygen atoms in total. The van der Waals surface area contributed by atoms with Gasteiger partial charge >= 0.3 is 0 Å². The van der Waals surface area contributed by atoms with Crippen LogP contribution < -0.4 is 9.62 Å². The van der Waals surface area contributed by atoms with Crippen LogP contribution in [0.3, 0.4) is 0 Å². The zero-order valence-corrected chi connectivity index (χ0v) is 26.8. The van der Waals surface area contributed by atoms with E-state index in [1.807, 2.05) is 74.5 Å². The first-order valence-corrected chi connectivity index (χ1v) is 17.2. The van der Waals surface area contributed by atoms with Crippen molar-refractivity contribution in [1.82, 2.24) is 10.2 Å². The first kappa shape index (κ1) is 32.6. The Morgan fingerprint density at radius 3 is 2.16 bits per heavy atom. The second-order valence-corrected chi connectivity index (χ2v) is 14.0. The zero-order valence-electron chi connectivity index (χ0n) is 25.3. The van der Waals surface area contributed by atoms with E-state index in [-0.39, 0.29) is 37.4 Å². The fourth-order valence-electron chi connectivity index (χ4n) is 5.81. The summed E-state index contributed by atoms with van der Waals surface area (Å²) in [5.41, 5.74) is 4.33. The summed E-state index contributed by atoms with van der Waals surface area (Å²) in [4.78, 5) is 29.5. The predicted octanol–water partition coefficient (Wildman–Crippen LogP) is 6.20. The number of halogens is 1. The number of rotatable bonds is 13. The average molecular weight is 624 g/mol. The highest BCUT2D eigenvalue weighted by molar-refractivity contribution is 7.92. The molecule has 1 N–H and O–H groups in total. The van der Waals surface area contributed by atoms with Gasteiger partial charge in [-0.25, -0.2) is 8.42 Å². The molecule has 1 aliphatic rings. The number of benzene rings is 3. The molecule has 0 spiro atoms. The largest absolute Gasteiger partial charge is 0.352 e. The second kappa shape index (κ2) is 14.9. The predicted molar refractivity (Wildman–Crippen MR) is 174 cm³/mol. The molecule has 0 aromatic heterocycles. The summed E-state index contributed by atoms with van der Waals surface area (Å²) >= 11 is 6.13. The first-order valence-electron chi connectivity index (χ1n) is 14.9. The summed E-state index contributed by atoms with van der Waals surface area (Å²) in [6.07, 6.45) is 5.99. The molecule has 4 rings (SSSR count). The van der Waals surface area contributed by atoms with Crippen LogP contribution in [0.2, 0.25) is 5.02 Å². The van der Waals surface area contributed by atoms with Gasteiger partial charge in [0.05, 0.1) is 11.9 Å². The molecular formula is C34H42ClN3O4S. The van der Waals surface area contributed by atoms with Crippen molar-refractivity contribution in [3.8, 4) is 0 Å². The van der Waals surface area contributed by atoms with Gasteiger partial charge in [0.15, 0.2) is 0 Å². The van der Waals surface area contributed by atoms with E-state index in [9.17, 15) is 18.0 Å². The van der Waals surface area contributed by atoms with Gasteiger partial charge < -0.3 is 10.2 Å². The molecule has 0 aliphatic heterocycles. The van der Waals surface area contributed by atoms with Gasteiger partial charge in [-0.2, -0.15) is 0 Å². The topological polar surface area (TPSA) is 86.8 Å². The van der Waals surface area contributed by atoms with Crippen LogP contribution in [-0.2, 0) is 32.6 Å². The number of hydrogen-bond donors (Lipinski definition) is 1. The van der Waals surface area contributed by atoms with E-state index < -0.39 is 16.1 Å². The maximum atomic E-state index is 14.0. The molecule has 1 atom stereocenters. The normalized spacial score (nSPS) is 14.3. The summed E-state index contributed by atoms with van der Waals surface area (Å²) in [6.45, 7) is 4.25. The van der Waals surface area contributed by atoms with Gasteiger partial charge in [-0.05, 0) is 79.6 Å². The highest BCUT2D eigenvalue weighted by atomic mass is 35.5. The van der Waals surface area contributed by atoms with E-state index in [4.69, 9.17) is 11.6 Å². The van der Waals surface area contributed by atoms with Crippen molar-refractivity contribution >= 4 is 39.1 Å². The zero-order chi connectivity index (χ0) is 31.0. The quantitative estimate of drug-likeness (QED) is 0.246. The SMILES string of the molecule is Cc1cc(C)cc(N(CCCC(=O)N(Cc2ccc(Cl)cc2)C(Cc2ccccc2)C(=O)NC2CCCC2)S(C)(=O)=O)c1. The molecule has 1 saturated carbocycles. The lowest BCUT2D eigenvalue weighted by atomic mass is 10.0. The van der Waals surface area contributed by atoms with Gasteiger partial charge in [-0.1, -0.05) is 73.0 Å². The van der Waals surface area contributed by atoms with Gasteiger partial charge in [-0.3, -0.25) is 13.9 Å². The van der Waals surface area contributed by atoms with E-state index in [1.165, 1.54) is 10.6 Å². The van der Waals surface area contributed by atoms with Gasteiger partial charge in [0.25, 0.3) is 0 Å². The minimum Gasteiger partial charge on any atom is -0.352 e. The number of sulfonamides is 1. The third kappa shape index (κ3) is 9.57. The fourth-order valence-corrected chi connectivity index (χ4v) is 6.88. The number of amides is 2. The molecule has 3 aromatic carbocycles. The summed E-state index contributed by atoms with van der Waals surface area (Å²) in [6, 6.07) is 22.1. The highest BCUT2D eigenvalue weighted by Gasteiger charge is 2.32. The van der Waals surface area contributed by atoms with Gasteiger partial charge in [-0.15, -0.1) is 0 Å². The maximum Gasteiger partial charge on any atom is 0.243 e. The Hall–Kier alpha value is -3.36. The van der Waals surface area contributed by atoms with Crippen molar-refractivity contribution in [3.05, 3.63) is 100 Å². The number of nitrogens with one attached hydrogen (secondary N) is 1. The Morgan fingerprint density at radius 2 is 1.56 bits per heavy atom. The van der Waals surface area contributed by atoms with Gasteiger partial charge in [0.2, 0.25) is 21.8 Å². The van der Waals surface area contributed by atoms with Gasteiger partial charge in [0, 0.05) is 37.0 Å². The molecule has 1 aliphatic carbocycles. The third-order valence-electron chi connectivity index (χ3n) is 7.89. The molecular weight excluding hydrogens is 582 g/mol. The molecule has 0 radical (unpaired) electrons. The Bertz CT molecular complexity index is 1470. The van der Waals surface area contributed by atoms with Crippen molar-refractivity contribution in [3.63, 3.8) is 0 Å². The number of nitrogens with zero attached hydrogens (tertiary/aromatic N) is 2. The van der Waals surface area contributed by atoms with E-state index >= 15 is 0 Å². The minimum absolute atomic E-state index is 0.0897. The summed E-state index contributed by atoms with van der Waals surface area (Å²) < 4.78 is 26.9. The van der Waals surface area contributed by atoms with Crippen molar-refractivity contribution in [2.24, 2.45) is 0 Å². The Kier molecular flexibility index (Phi) is 11.3. The summed E-state index contributed by atoms with van der Waals surface area (Å²) in [7, 11) is -3.57. The molecule has 1 unspecified atom stereocenters. The Morgan fingerprint density at radius 1 is 0.930 bits per heavy atom. The molecule has 0 heterocycles. The summed E-state index contributed by atoms with van der Waals surface area (Å²) in [5, 5.41) is 3.81. The number of carbonyl (C=O) groups is 2. The summed E-state index contributed by atoms with van der Waals surface area (Å²) in [5.74, 6) is -0.364. The van der Waals surface area contributed by atoms with Crippen LogP contribution in [0.25, 0.3) is 0 Å². The van der Waals surface area contributed by atoms with Crippen LogP contribution in [0, 0.1) is 13.8 Å². The lowest BCUT2D eigenvalue weighted by Gasteiger charge is -2.33.